The Morgan fingerprint density at radius 2 is 2.12 bits per heavy atom. The van der Waals surface area contributed by atoms with Gasteiger partial charge < -0.3 is 15.4 Å². The average molecular weight is 376 g/mol. The van der Waals surface area contributed by atoms with E-state index in [1.54, 1.807) is 12.4 Å². The second-order valence-electron chi connectivity index (χ2n) is 6.70. The molecule has 2 aliphatic rings. The van der Waals surface area contributed by atoms with Crippen molar-refractivity contribution >= 4 is 23.6 Å². The van der Waals surface area contributed by atoms with Crippen molar-refractivity contribution in [3.05, 3.63) is 41.4 Å². The van der Waals surface area contributed by atoms with Gasteiger partial charge in [0.1, 0.15) is 5.50 Å². The smallest absolute Gasteiger partial charge is 0.336 e. The lowest BCUT2D eigenvalue weighted by atomic mass is 9.75. The van der Waals surface area contributed by atoms with E-state index in [0.717, 1.165) is 5.56 Å². The van der Waals surface area contributed by atoms with E-state index in [1.807, 2.05) is 39.2 Å². The Labute approximate surface area is 157 Å². The molecule has 8 heteroatoms. The molecule has 0 aromatic carbocycles. The molecule has 26 heavy (non-hydrogen) atoms. The molecule has 1 saturated heterocycles. The zero-order valence-corrected chi connectivity index (χ0v) is 16.1. The van der Waals surface area contributed by atoms with E-state index in [9.17, 15) is 9.59 Å². The van der Waals surface area contributed by atoms with Crippen LogP contribution in [0.3, 0.4) is 0 Å². The Bertz CT molecular complexity index is 722. The Balaban J connectivity index is 2.07. The number of nitrogens with one attached hydrogen (secondary N) is 3. The van der Waals surface area contributed by atoms with Crippen LogP contribution < -0.4 is 16.0 Å². The van der Waals surface area contributed by atoms with Gasteiger partial charge in [0.05, 0.1) is 23.8 Å². The second kappa shape index (κ2) is 7.67. The van der Waals surface area contributed by atoms with Crippen LogP contribution in [-0.2, 0) is 14.3 Å². The molecule has 4 unspecified atom stereocenters. The Morgan fingerprint density at radius 1 is 1.35 bits per heavy atom. The lowest BCUT2D eigenvalue weighted by Crippen LogP contribution is -2.67. The highest BCUT2D eigenvalue weighted by Gasteiger charge is 2.48. The first-order valence-corrected chi connectivity index (χ1v) is 9.88. The second-order valence-corrected chi connectivity index (χ2v) is 7.64. The van der Waals surface area contributed by atoms with Crippen molar-refractivity contribution in [2.45, 2.75) is 44.5 Å². The van der Waals surface area contributed by atoms with Gasteiger partial charge >= 0.3 is 5.97 Å². The fourth-order valence-electron chi connectivity index (χ4n) is 3.50. The average Bonchev–Trinajstić information content (AvgIpc) is 2.60. The van der Waals surface area contributed by atoms with Gasteiger partial charge in [-0.25, -0.2) is 4.79 Å². The number of aromatic nitrogens is 1. The molecule has 3 heterocycles. The van der Waals surface area contributed by atoms with E-state index in [-0.39, 0.29) is 23.7 Å². The van der Waals surface area contributed by atoms with Crippen LogP contribution in [0.2, 0.25) is 0 Å². The molecule has 1 aromatic rings. The molecule has 1 aromatic heterocycles. The maximum atomic E-state index is 12.9. The minimum atomic E-state index is -0.485. The number of esters is 1. The van der Waals surface area contributed by atoms with Crippen molar-refractivity contribution in [3.8, 4) is 0 Å². The number of thioether (sulfide) groups is 1. The first kappa shape index (κ1) is 18.7. The number of carbonyl (C=O) groups excluding carboxylic acids is 2. The molecule has 140 valence electrons. The fourth-order valence-corrected chi connectivity index (χ4v) is 4.02. The summed E-state index contributed by atoms with van der Waals surface area (Å²) in [6.07, 6.45) is 4.79. The number of rotatable bonds is 4. The molecule has 1 amide bonds. The van der Waals surface area contributed by atoms with Gasteiger partial charge in [-0.1, -0.05) is 6.07 Å². The molecular formula is C18H24N4O3S. The van der Waals surface area contributed by atoms with Gasteiger partial charge in [0.15, 0.2) is 0 Å². The van der Waals surface area contributed by atoms with Crippen LogP contribution in [0.4, 0.5) is 0 Å². The van der Waals surface area contributed by atoms with E-state index < -0.39 is 17.8 Å². The third kappa shape index (κ3) is 3.57. The standard InChI is InChI=1S/C18H24N4O3S/c1-9(2)25-17(24)12-10(3)20-15-14(16(23)22-18(21-15)26-4)13(12)11-6-5-7-19-8-11/h5-9,13-15,18,20-21H,1-4H3,(H,22,23). The zero-order chi connectivity index (χ0) is 18.8. The van der Waals surface area contributed by atoms with Crippen LogP contribution in [0.25, 0.3) is 0 Å². The van der Waals surface area contributed by atoms with Crippen molar-refractivity contribution in [2.75, 3.05) is 6.26 Å². The molecule has 4 atom stereocenters. The molecule has 0 aliphatic carbocycles. The molecule has 3 rings (SSSR count). The third-order valence-electron chi connectivity index (χ3n) is 4.55. The number of allylic oxidation sites excluding steroid dienone is 1. The van der Waals surface area contributed by atoms with Crippen LogP contribution in [0.15, 0.2) is 35.8 Å². The number of pyridine rings is 1. The minimum Gasteiger partial charge on any atom is -0.460 e. The molecule has 0 saturated carbocycles. The largest absolute Gasteiger partial charge is 0.460 e. The number of amides is 1. The molecule has 7 nitrogen and oxygen atoms in total. The highest BCUT2D eigenvalue weighted by molar-refractivity contribution is 7.99. The van der Waals surface area contributed by atoms with Gasteiger partial charge in [0.2, 0.25) is 5.91 Å². The predicted octanol–water partition coefficient (Wildman–Crippen LogP) is 1.30. The van der Waals surface area contributed by atoms with Crippen molar-refractivity contribution in [1.29, 1.82) is 0 Å². The Morgan fingerprint density at radius 3 is 2.73 bits per heavy atom. The van der Waals surface area contributed by atoms with Crippen LogP contribution in [0, 0.1) is 5.92 Å². The topological polar surface area (TPSA) is 92.4 Å². The Kier molecular flexibility index (Phi) is 5.52. The molecule has 2 aliphatic heterocycles. The number of nitrogens with zero attached hydrogens (tertiary/aromatic N) is 1. The molecule has 0 radical (unpaired) electrons. The summed E-state index contributed by atoms with van der Waals surface area (Å²) >= 11 is 1.52. The molecular weight excluding hydrogens is 352 g/mol. The molecule has 1 fully saturated rings. The van der Waals surface area contributed by atoms with Crippen LogP contribution >= 0.6 is 11.8 Å². The van der Waals surface area contributed by atoms with Crippen LogP contribution in [-0.4, -0.2) is 40.9 Å². The summed E-state index contributed by atoms with van der Waals surface area (Å²) < 4.78 is 5.46. The fraction of sp³-hybridized carbons (Fsp3) is 0.500. The first-order valence-electron chi connectivity index (χ1n) is 8.59. The highest BCUT2D eigenvalue weighted by atomic mass is 32.2. The van der Waals surface area contributed by atoms with Crippen molar-refractivity contribution in [3.63, 3.8) is 0 Å². The number of hydrogen-bond acceptors (Lipinski definition) is 7. The van der Waals surface area contributed by atoms with Crippen LogP contribution in [0.1, 0.15) is 32.3 Å². The quantitative estimate of drug-likeness (QED) is 0.682. The Hall–Kier alpha value is -2.06. The number of carbonyl (C=O) groups is 2. The van der Waals surface area contributed by atoms with Gasteiger partial charge in [-0.3, -0.25) is 15.1 Å². The number of hydrogen-bond donors (Lipinski definition) is 3. The van der Waals surface area contributed by atoms with Crippen LogP contribution in [0.5, 0.6) is 0 Å². The molecule has 0 bridgehead atoms. The third-order valence-corrected chi connectivity index (χ3v) is 5.28. The van der Waals surface area contributed by atoms with E-state index in [4.69, 9.17) is 4.74 Å². The summed E-state index contributed by atoms with van der Waals surface area (Å²) in [5.41, 5.74) is 1.83. The zero-order valence-electron chi connectivity index (χ0n) is 15.3. The van der Waals surface area contributed by atoms with Gasteiger partial charge in [0, 0.05) is 24.0 Å². The number of ether oxygens (including phenoxy) is 1. The lowest BCUT2D eigenvalue weighted by Gasteiger charge is -2.45. The summed E-state index contributed by atoms with van der Waals surface area (Å²) in [5, 5.41) is 9.63. The van der Waals surface area contributed by atoms with Crippen molar-refractivity contribution in [2.24, 2.45) is 5.92 Å². The monoisotopic (exact) mass is 376 g/mol. The van der Waals surface area contributed by atoms with Gasteiger partial charge in [-0.05, 0) is 38.7 Å². The van der Waals surface area contributed by atoms with E-state index in [2.05, 4.69) is 20.9 Å². The predicted molar refractivity (Wildman–Crippen MR) is 99.9 cm³/mol. The lowest BCUT2D eigenvalue weighted by molar-refractivity contribution is -0.143. The minimum absolute atomic E-state index is 0.100. The molecule has 3 N–H and O–H groups in total. The first-order chi connectivity index (χ1) is 12.4. The van der Waals surface area contributed by atoms with Crippen molar-refractivity contribution < 1.29 is 14.3 Å². The summed E-state index contributed by atoms with van der Waals surface area (Å²) in [6.45, 7) is 5.46. The summed E-state index contributed by atoms with van der Waals surface area (Å²) in [5.74, 6) is -1.42. The maximum absolute atomic E-state index is 12.9. The summed E-state index contributed by atoms with van der Waals surface area (Å²) in [4.78, 5) is 29.9. The van der Waals surface area contributed by atoms with E-state index >= 15 is 0 Å². The van der Waals surface area contributed by atoms with Gasteiger partial charge in [-0.2, -0.15) is 0 Å². The van der Waals surface area contributed by atoms with E-state index in [1.165, 1.54) is 11.8 Å². The SMILES string of the molecule is CSC1NC(=O)C2C(NC(C)=C(C(=O)OC(C)C)C2c2cccnc2)N1. The summed E-state index contributed by atoms with van der Waals surface area (Å²) in [7, 11) is 0. The van der Waals surface area contributed by atoms with Gasteiger partial charge in [-0.15, -0.1) is 11.8 Å². The van der Waals surface area contributed by atoms with Crippen molar-refractivity contribution in [1.82, 2.24) is 20.9 Å². The maximum Gasteiger partial charge on any atom is 0.336 e. The molecule has 0 spiro atoms. The van der Waals surface area contributed by atoms with E-state index in [0.29, 0.717) is 11.3 Å². The summed E-state index contributed by atoms with van der Waals surface area (Å²) in [6, 6.07) is 3.70. The van der Waals surface area contributed by atoms with Gasteiger partial charge in [0.25, 0.3) is 0 Å². The highest BCUT2D eigenvalue weighted by Crippen LogP contribution is 2.40. The number of fused-ring (bicyclic) bond motifs is 1. The normalized spacial score (nSPS) is 28.3.